The summed E-state index contributed by atoms with van der Waals surface area (Å²) in [4.78, 5) is 13.9. The van der Waals surface area contributed by atoms with Crippen LogP contribution in [0.1, 0.15) is 44.1 Å². The van der Waals surface area contributed by atoms with Crippen molar-refractivity contribution in [2.75, 3.05) is 6.54 Å². The van der Waals surface area contributed by atoms with E-state index in [1.807, 2.05) is 6.07 Å². The van der Waals surface area contributed by atoms with Crippen molar-refractivity contribution >= 4 is 5.97 Å². The topological polar surface area (TPSA) is 40.5 Å². The highest BCUT2D eigenvalue weighted by Crippen LogP contribution is 2.37. The monoisotopic (exact) mass is 287 g/mol. The van der Waals surface area contributed by atoms with Gasteiger partial charge in [0.1, 0.15) is 6.04 Å². The molecule has 2 fully saturated rings. The van der Waals surface area contributed by atoms with E-state index in [1.165, 1.54) is 31.2 Å². The van der Waals surface area contributed by atoms with E-state index in [4.69, 9.17) is 0 Å². The smallest absolute Gasteiger partial charge is 0.320 e. The van der Waals surface area contributed by atoms with E-state index in [2.05, 4.69) is 29.2 Å². The van der Waals surface area contributed by atoms with E-state index in [9.17, 15) is 9.90 Å². The number of fused-ring (bicyclic) bond motifs is 1. The molecule has 0 radical (unpaired) electrons. The van der Waals surface area contributed by atoms with Gasteiger partial charge in [0.25, 0.3) is 0 Å². The lowest BCUT2D eigenvalue weighted by molar-refractivity contribution is -0.148. The van der Waals surface area contributed by atoms with E-state index >= 15 is 0 Å². The summed E-state index contributed by atoms with van der Waals surface area (Å²) in [7, 11) is 0. The number of rotatable bonds is 4. The van der Waals surface area contributed by atoms with Gasteiger partial charge in [-0.2, -0.15) is 0 Å². The van der Waals surface area contributed by atoms with Crippen molar-refractivity contribution in [1.82, 2.24) is 4.90 Å². The summed E-state index contributed by atoms with van der Waals surface area (Å²) in [6, 6.07) is 10.6. The molecule has 21 heavy (non-hydrogen) atoms. The molecule has 0 spiro atoms. The Hall–Kier alpha value is -1.35. The molecule has 0 amide bonds. The first kappa shape index (κ1) is 14.6. The van der Waals surface area contributed by atoms with Crippen molar-refractivity contribution in [3.05, 3.63) is 35.9 Å². The minimum atomic E-state index is -0.632. The molecule has 3 unspecified atom stereocenters. The number of carboxylic acid groups (broad SMARTS) is 1. The fourth-order valence-electron chi connectivity index (χ4n) is 4.22. The van der Waals surface area contributed by atoms with Gasteiger partial charge >= 0.3 is 5.97 Å². The lowest BCUT2D eigenvalue weighted by Crippen LogP contribution is -2.55. The van der Waals surface area contributed by atoms with Crippen molar-refractivity contribution in [3.63, 3.8) is 0 Å². The SMILES string of the molecule is O=C(O)C1CCC2CCCCC2N1CCc1ccccc1. The molecule has 2 aliphatic rings. The zero-order chi connectivity index (χ0) is 14.7. The Bertz CT molecular complexity index is 473. The molecule has 0 aromatic heterocycles. The Labute approximate surface area is 127 Å². The Morgan fingerprint density at radius 3 is 2.62 bits per heavy atom. The molecule has 3 nitrogen and oxygen atoms in total. The summed E-state index contributed by atoms with van der Waals surface area (Å²) >= 11 is 0. The van der Waals surface area contributed by atoms with Crippen molar-refractivity contribution < 1.29 is 9.90 Å². The van der Waals surface area contributed by atoms with Gasteiger partial charge in [-0.1, -0.05) is 43.2 Å². The third kappa shape index (κ3) is 3.29. The van der Waals surface area contributed by atoms with E-state index < -0.39 is 5.97 Å². The molecule has 1 N–H and O–H groups in total. The fourth-order valence-corrected chi connectivity index (χ4v) is 4.22. The van der Waals surface area contributed by atoms with Gasteiger partial charge in [0, 0.05) is 12.6 Å². The van der Waals surface area contributed by atoms with E-state index in [1.54, 1.807) is 0 Å². The second kappa shape index (κ2) is 6.61. The van der Waals surface area contributed by atoms with Crippen molar-refractivity contribution in [1.29, 1.82) is 0 Å². The van der Waals surface area contributed by atoms with Crippen LogP contribution in [0.2, 0.25) is 0 Å². The third-order valence-electron chi connectivity index (χ3n) is 5.29. The number of carboxylic acids is 1. The molecular formula is C18H25NO2. The van der Waals surface area contributed by atoms with Crippen LogP contribution in [0.15, 0.2) is 30.3 Å². The second-order valence-electron chi connectivity index (χ2n) is 6.52. The summed E-state index contributed by atoms with van der Waals surface area (Å²) in [5.41, 5.74) is 1.31. The predicted molar refractivity (Wildman–Crippen MR) is 83.3 cm³/mol. The molecule has 1 aliphatic carbocycles. The van der Waals surface area contributed by atoms with Gasteiger partial charge in [0.2, 0.25) is 0 Å². The lowest BCUT2D eigenvalue weighted by Gasteiger charge is -2.47. The highest BCUT2D eigenvalue weighted by Gasteiger charge is 2.40. The minimum Gasteiger partial charge on any atom is -0.480 e. The fraction of sp³-hybridized carbons (Fsp3) is 0.611. The van der Waals surface area contributed by atoms with Crippen LogP contribution < -0.4 is 0 Å². The van der Waals surface area contributed by atoms with Crippen LogP contribution in [0.4, 0.5) is 0 Å². The van der Waals surface area contributed by atoms with Crippen molar-refractivity contribution in [2.45, 2.75) is 57.0 Å². The summed E-state index contributed by atoms with van der Waals surface area (Å²) in [6.45, 7) is 0.877. The highest BCUT2D eigenvalue weighted by molar-refractivity contribution is 5.73. The maximum atomic E-state index is 11.6. The molecular weight excluding hydrogens is 262 g/mol. The summed E-state index contributed by atoms with van der Waals surface area (Å²) in [5.74, 6) is 0.0946. The van der Waals surface area contributed by atoms with Crippen molar-refractivity contribution in [2.24, 2.45) is 5.92 Å². The number of aliphatic carboxylic acids is 1. The number of carbonyl (C=O) groups is 1. The van der Waals surface area contributed by atoms with Gasteiger partial charge in [-0.3, -0.25) is 9.69 Å². The van der Waals surface area contributed by atoms with Gasteiger partial charge in [-0.05, 0) is 43.6 Å². The van der Waals surface area contributed by atoms with Gasteiger partial charge in [-0.15, -0.1) is 0 Å². The zero-order valence-corrected chi connectivity index (χ0v) is 12.6. The Morgan fingerprint density at radius 1 is 1.10 bits per heavy atom. The first-order valence-electron chi connectivity index (χ1n) is 8.28. The molecule has 3 rings (SSSR count). The number of piperidine rings is 1. The number of nitrogens with zero attached hydrogens (tertiary/aromatic N) is 1. The van der Waals surface area contributed by atoms with Gasteiger partial charge in [0.15, 0.2) is 0 Å². The third-order valence-corrected chi connectivity index (χ3v) is 5.29. The zero-order valence-electron chi connectivity index (χ0n) is 12.6. The average molecular weight is 287 g/mol. The second-order valence-corrected chi connectivity index (χ2v) is 6.52. The van der Waals surface area contributed by atoms with Gasteiger partial charge in [-0.25, -0.2) is 0 Å². The summed E-state index contributed by atoms with van der Waals surface area (Å²) in [5, 5.41) is 9.55. The molecule has 1 aliphatic heterocycles. The molecule has 1 saturated carbocycles. The Kier molecular flexibility index (Phi) is 4.59. The predicted octanol–water partition coefficient (Wildman–Crippen LogP) is 3.34. The molecule has 3 heteroatoms. The van der Waals surface area contributed by atoms with Gasteiger partial charge in [0.05, 0.1) is 0 Å². The maximum Gasteiger partial charge on any atom is 0.320 e. The molecule has 3 atom stereocenters. The standard InChI is InChI=1S/C18H25NO2/c20-18(21)17-11-10-15-8-4-5-9-16(15)19(17)13-12-14-6-2-1-3-7-14/h1-3,6-7,15-17H,4-5,8-13H2,(H,20,21). The maximum absolute atomic E-state index is 11.6. The summed E-state index contributed by atoms with van der Waals surface area (Å²) < 4.78 is 0. The number of hydrogen-bond donors (Lipinski definition) is 1. The Morgan fingerprint density at radius 2 is 1.86 bits per heavy atom. The molecule has 1 aromatic carbocycles. The van der Waals surface area contributed by atoms with Crippen LogP contribution in [0.5, 0.6) is 0 Å². The quantitative estimate of drug-likeness (QED) is 0.923. The molecule has 1 heterocycles. The first-order valence-corrected chi connectivity index (χ1v) is 8.28. The minimum absolute atomic E-state index is 0.270. The van der Waals surface area contributed by atoms with E-state index in [-0.39, 0.29) is 6.04 Å². The molecule has 114 valence electrons. The first-order chi connectivity index (χ1) is 10.3. The number of hydrogen-bond acceptors (Lipinski definition) is 2. The van der Waals surface area contributed by atoms with Crippen LogP contribution in [0, 0.1) is 5.92 Å². The van der Waals surface area contributed by atoms with E-state index in [0.29, 0.717) is 6.04 Å². The summed E-state index contributed by atoms with van der Waals surface area (Å²) in [6.07, 6.45) is 7.94. The molecule has 1 saturated heterocycles. The van der Waals surface area contributed by atoms with Crippen LogP contribution in [0.3, 0.4) is 0 Å². The molecule has 1 aromatic rings. The van der Waals surface area contributed by atoms with Crippen LogP contribution in [-0.2, 0) is 11.2 Å². The molecule has 0 bridgehead atoms. The van der Waals surface area contributed by atoms with E-state index in [0.717, 1.165) is 31.7 Å². The highest BCUT2D eigenvalue weighted by atomic mass is 16.4. The normalized spacial score (nSPS) is 29.8. The lowest BCUT2D eigenvalue weighted by atomic mass is 9.76. The van der Waals surface area contributed by atoms with Crippen LogP contribution in [-0.4, -0.2) is 34.6 Å². The van der Waals surface area contributed by atoms with Gasteiger partial charge < -0.3 is 5.11 Å². The van der Waals surface area contributed by atoms with Crippen molar-refractivity contribution in [3.8, 4) is 0 Å². The van der Waals surface area contributed by atoms with Crippen LogP contribution >= 0.6 is 0 Å². The van der Waals surface area contributed by atoms with Crippen LogP contribution in [0.25, 0.3) is 0 Å². The largest absolute Gasteiger partial charge is 0.480 e. The Balaban J connectivity index is 1.71. The number of likely N-dealkylation sites (tertiary alicyclic amines) is 1. The average Bonchev–Trinajstić information content (AvgIpc) is 2.53. The number of benzene rings is 1.